The highest BCUT2D eigenvalue weighted by atomic mass is 16.6. The molecule has 2 N–H and O–H groups in total. The molecular weight excluding hydrogens is 228 g/mol. The summed E-state index contributed by atoms with van der Waals surface area (Å²) in [6.07, 6.45) is -0.799. The summed E-state index contributed by atoms with van der Waals surface area (Å²) >= 11 is 0. The Labute approximate surface area is 98.8 Å². The molecule has 0 saturated carbocycles. The van der Waals surface area contributed by atoms with Crippen molar-refractivity contribution >= 4 is 18.0 Å². The molecule has 0 aliphatic carbocycles. The van der Waals surface area contributed by atoms with Gasteiger partial charge in [0.2, 0.25) is 0 Å². The molecule has 1 rings (SSSR count). The van der Waals surface area contributed by atoms with Crippen LogP contribution in [0.2, 0.25) is 0 Å². The molecule has 2 atom stereocenters. The molecule has 1 aliphatic rings. The monoisotopic (exact) mass is 244 g/mol. The maximum atomic E-state index is 11.9. The van der Waals surface area contributed by atoms with Crippen molar-refractivity contribution in [3.63, 3.8) is 0 Å². The Balaban J connectivity index is 2.90. The Morgan fingerprint density at radius 3 is 2.35 bits per heavy atom. The van der Waals surface area contributed by atoms with Crippen LogP contribution in [0, 0.1) is 0 Å². The number of methoxy groups -OCH3 is 1. The summed E-state index contributed by atoms with van der Waals surface area (Å²) < 4.78 is 9.35. The Morgan fingerprint density at radius 2 is 2.00 bits per heavy atom. The number of hydrogen-bond donors (Lipinski definition) is 1. The number of nitrogens with two attached hydrogens (primary N) is 1. The van der Waals surface area contributed by atoms with E-state index >= 15 is 0 Å². The fourth-order valence-electron chi connectivity index (χ4n) is 1.53. The van der Waals surface area contributed by atoms with Crippen LogP contribution in [0.4, 0.5) is 4.79 Å². The van der Waals surface area contributed by atoms with Gasteiger partial charge in [0.15, 0.2) is 5.60 Å². The van der Waals surface area contributed by atoms with E-state index in [1.807, 2.05) is 0 Å². The number of hydrogen-bond acceptors (Lipinski definition) is 6. The summed E-state index contributed by atoms with van der Waals surface area (Å²) in [6.45, 7) is 4.44. The van der Waals surface area contributed by atoms with Crippen LogP contribution in [-0.4, -0.2) is 47.7 Å². The summed E-state index contributed by atoms with van der Waals surface area (Å²) in [4.78, 5) is 35.5. The van der Waals surface area contributed by atoms with Crippen molar-refractivity contribution in [2.24, 2.45) is 5.73 Å². The van der Waals surface area contributed by atoms with Gasteiger partial charge in [0.1, 0.15) is 6.04 Å². The molecule has 2 amide bonds. The second-order valence-corrected chi connectivity index (χ2v) is 4.34. The standard InChI is InChI=1S/C10H16N2O5/c1-5(6(11)7(13)16-4)12-8(14)10(2,3)17-9(12)15/h5-6H,11H2,1-4H3. The van der Waals surface area contributed by atoms with Gasteiger partial charge in [-0.05, 0) is 20.8 Å². The molecule has 96 valence electrons. The zero-order valence-corrected chi connectivity index (χ0v) is 10.2. The molecule has 7 heteroatoms. The quantitative estimate of drug-likeness (QED) is 0.680. The minimum absolute atomic E-state index is 0.519. The number of carbonyl (C=O) groups excluding carboxylic acids is 3. The van der Waals surface area contributed by atoms with Crippen LogP contribution < -0.4 is 5.73 Å². The number of ether oxygens (including phenoxy) is 2. The molecule has 1 fully saturated rings. The highest BCUT2D eigenvalue weighted by molar-refractivity contribution is 6.03. The first kappa shape index (κ1) is 13.4. The maximum Gasteiger partial charge on any atom is 0.418 e. The lowest BCUT2D eigenvalue weighted by Crippen LogP contribution is -2.53. The molecule has 0 aromatic heterocycles. The Hall–Kier alpha value is -1.63. The van der Waals surface area contributed by atoms with Crippen LogP contribution in [-0.2, 0) is 19.1 Å². The fourth-order valence-corrected chi connectivity index (χ4v) is 1.53. The smallest absolute Gasteiger partial charge is 0.418 e. The number of rotatable bonds is 3. The van der Waals surface area contributed by atoms with E-state index in [1.165, 1.54) is 27.9 Å². The minimum atomic E-state index is -1.22. The SMILES string of the molecule is COC(=O)C(N)C(C)N1C(=O)OC(C)(C)C1=O. The van der Waals surface area contributed by atoms with Crippen molar-refractivity contribution in [3.05, 3.63) is 0 Å². The van der Waals surface area contributed by atoms with E-state index in [4.69, 9.17) is 10.5 Å². The van der Waals surface area contributed by atoms with Crippen molar-refractivity contribution in [2.45, 2.75) is 38.5 Å². The summed E-state index contributed by atoms with van der Waals surface area (Å²) in [5.41, 5.74) is 4.37. The number of imide groups is 1. The lowest BCUT2D eigenvalue weighted by molar-refractivity contribution is -0.144. The van der Waals surface area contributed by atoms with Gasteiger partial charge in [-0.2, -0.15) is 0 Å². The second-order valence-electron chi connectivity index (χ2n) is 4.34. The van der Waals surface area contributed by atoms with Gasteiger partial charge in [0, 0.05) is 0 Å². The van der Waals surface area contributed by atoms with Crippen molar-refractivity contribution in [1.82, 2.24) is 4.90 Å². The fraction of sp³-hybridized carbons (Fsp3) is 0.700. The van der Waals surface area contributed by atoms with Gasteiger partial charge in [-0.25, -0.2) is 9.69 Å². The van der Waals surface area contributed by atoms with E-state index in [2.05, 4.69) is 4.74 Å². The summed E-state index contributed by atoms with van der Waals surface area (Å²) in [7, 11) is 1.18. The molecular formula is C10H16N2O5. The summed E-state index contributed by atoms with van der Waals surface area (Å²) in [6, 6.07) is -1.91. The predicted octanol–water partition coefficient (Wildman–Crippen LogP) is -0.367. The molecule has 7 nitrogen and oxygen atoms in total. The zero-order chi connectivity index (χ0) is 13.4. The van der Waals surface area contributed by atoms with E-state index in [0.29, 0.717) is 0 Å². The van der Waals surface area contributed by atoms with Gasteiger partial charge in [0.25, 0.3) is 5.91 Å². The Bertz CT molecular complexity index is 366. The van der Waals surface area contributed by atoms with Gasteiger partial charge in [0.05, 0.1) is 13.2 Å². The average molecular weight is 244 g/mol. The van der Waals surface area contributed by atoms with E-state index in [9.17, 15) is 14.4 Å². The highest BCUT2D eigenvalue weighted by Crippen LogP contribution is 2.26. The van der Waals surface area contributed by atoms with Crippen LogP contribution in [0.5, 0.6) is 0 Å². The lowest BCUT2D eigenvalue weighted by atomic mass is 10.1. The summed E-state index contributed by atoms with van der Waals surface area (Å²) in [5.74, 6) is -1.21. The van der Waals surface area contributed by atoms with Crippen LogP contribution >= 0.6 is 0 Å². The molecule has 1 heterocycles. The minimum Gasteiger partial charge on any atom is -0.468 e. The van der Waals surface area contributed by atoms with Crippen LogP contribution in [0.3, 0.4) is 0 Å². The van der Waals surface area contributed by atoms with Crippen LogP contribution in [0.1, 0.15) is 20.8 Å². The molecule has 2 unspecified atom stereocenters. The van der Waals surface area contributed by atoms with Gasteiger partial charge < -0.3 is 15.2 Å². The number of nitrogens with zero attached hydrogens (tertiary/aromatic N) is 1. The first-order chi connectivity index (χ1) is 7.72. The van der Waals surface area contributed by atoms with Gasteiger partial charge >= 0.3 is 12.1 Å². The number of esters is 1. The number of amides is 2. The molecule has 0 radical (unpaired) electrons. The zero-order valence-electron chi connectivity index (χ0n) is 10.2. The molecule has 1 saturated heterocycles. The molecule has 0 spiro atoms. The topological polar surface area (TPSA) is 98.9 Å². The van der Waals surface area contributed by atoms with E-state index in [1.54, 1.807) is 0 Å². The highest BCUT2D eigenvalue weighted by Gasteiger charge is 2.50. The van der Waals surface area contributed by atoms with Crippen molar-refractivity contribution < 1.29 is 23.9 Å². The summed E-state index contributed by atoms with van der Waals surface area (Å²) in [5, 5.41) is 0. The second kappa shape index (κ2) is 4.33. The Kier molecular flexibility index (Phi) is 3.42. The first-order valence-corrected chi connectivity index (χ1v) is 5.12. The van der Waals surface area contributed by atoms with Crippen molar-refractivity contribution in [3.8, 4) is 0 Å². The van der Waals surface area contributed by atoms with Crippen LogP contribution in [0.25, 0.3) is 0 Å². The average Bonchev–Trinajstić information content (AvgIpc) is 2.45. The third-order valence-corrected chi connectivity index (χ3v) is 2.67. The maximum absolute atomic E-state index is 11.9. The van der Waals surface area contributed by atoms with Crippen molar-refractivity contribution in [2.75, 3.05) is 7.11 Å². The van der Waals surface area contributed by atoms with E-state index in [0.717, 1.165) is 4.90 Å². The first-order valence-electron chi connectivity index (χ1n) is 5.12. The predicted molar refractivity (Wildman–Crippen MR) is 56.9 cm³/mol. The number of carbonyl (C=O) groups is 3. The van der Waals surface area contributed by atoms with E-state index < -0.39 is 35.7 Å². The molecule has 17 heavy (non-hydrogen) atoms. The molecule has 1 aliphatic heterocycles. The number of cyclic esters (lactones) is 1. The van der Waals surface area contributed by atoms with Gasteiger partial charge in [-0.15, -0.1) is 0 Å². The van der Waals surface area contributed by atoms with Crippen molar-refractivity contribution in [1.29, 1.82) is 0 Å². The van der Waals surface area contributed by atoms with Crippen LogP contribution in [0.15, 0.2) is 0 Å². The third-order valence-electron chi connectivity index (χ3n) is 2.67. The lowest BCUT2D eigenvalue weighted by Gasteiger charge is -2.24. The molecule has 0 aromatic rings. The Morgan fingerprint density at radius 1 is 1.47 bits per heavy atom. The normalized spacial score (nSPS) is 22.1. The largest absolute Gasteiger partial charge is 0.468 e. The molecule has 0 bridgehead atoms. The third kappa shape index (κ3) is 2.23. The van der Waals surface area contributed by atoms with Gasteiger partial charge in [-0.3, -0.25) is 9.59 Å². The van der Waals surface area contributed by atoms with E-state index in [-0.39, 0.29) is 0 Å². The van der Waals surface area contributed by atoms with Gasteiger partial charge in [-0.1, -0.05) is 0 Å². The molecule has 0 aromatic carbocycles.